The van der Waals surface area contributed by atoms with Crippen molar-refractivity contribution in [3.63, 3.8) is 0 Å². The van der Waals surface area contributed by atoms with Crippen molar-refractivity contribution in [1.82, 2.24) is 4.98 Å². The predicted molar refractivity (Wildman–Crippen MR) is 76.1 cm³/mol. The molecule has 2 rings (SSSR count). The number of rotatable bonds is 5. The topological polar surface area (TPSA) is 81.8 Å². The van der Waals surface area contributed by atoms with Crippen LogP contribution in [-0.2, 0) is 0 Å². The fraction of sp³-hybridized carbons (Fsp3) is 0.333. The Labute approximate surface area is 122 Å². The molecule has 112 valence electrons. The van der Waals surface area contributed by atoms with Crippen LogP contribution in [0.15, 0.2) is 22.6 Å². The van der Waals surface area contributed by atoms with Crippen LogP contribution in [-0.4, -0.2) is 30.3 Å². The Morgan fingerprint density at radius 1 is 1.29 bits per heavy atom. The average Bonchev–Trinajstić information content (AvgIpc) is 2.91. The molecule has 6 nitrogen and oxygen atoms in total. The molecule has 0 atom stereocenters. The molecule has 0 saturated heterocycles. The molecule has 0 aliphatic rings. The molecule has 1 N–H and O–H groups in total. The van der Waals surface area contributed by atoms with E-state index in [0.717, 1.165) is 0 Å². The highest BCUT2D eigenvalue weighted by Crippen LogP contribution is 2.38. The van der Waals surface area contributed by atoms with E-state index in [1.165, 1.54) is 14.2 Å². The van der Waals surface area contributed by atoms with Crippen molar-refractivity contribution < 1.29 is 23.8 Å². The monoisotopic (exact) mass is 291 g/mol. The van der Waals surface area contributed by atoms with Gasteiger partial charge in [0.1, 0.15) is 0 Å². The standard InChI is InChI=1S/C15H17NO5/c1-8(2)11-13(15(17)18)21-14(16-11)9-6-5-7-10(19-3)12(9)20-4/h5-8H,1-4H3,(H,17,18). The molecule has 0 unspecified atom stereocenters. The van der Waals surface area contributed by atoms with Crippen LogP contribution in [0.2, 0.25) is 0 Å². The number of benzene rings is 1. The number of aromatic nitrogens is 1. The van der Waals surface area contributed by atoms with Crippen LogP contribution >= 0.6 is 0 Å². The lowest BCUT2D eigenvalue weighted by atomic mass is 10.1. The number of oxazole rings is 1. The summed E-state index contributed by atoms with van der Waals surface area (Å²) in [5, 5.41) is 9.21. The summed E-state index contributed by atoms with van der Waals surface area (Å²) < 4.78 is 16.0. The Bertz CT molecular complexity index is 660. The summed E-state index contributed by atoms with van der Waals surface area (Å²) in [6.07, 6.45) is 0. The zero-order valence-electron chi connectivity index (χ0n) is 12.3. The van der Waals surface area contributed by atoms with E-state index in [4.69, 9.17) is 13.9 Å². The molecule has 21 heavy (non-hydrogen) atoms. The van der Waals surface area contributed by atoms with Crippen molar-refractivity contribution in [3.05, 3.63) is 29.7 Å². The third-order valence-corrected chi connectivity index (χ3v) is 3.03. The van der Waals surface area contributed by atoms with Gasteiger partial charge in [-0.25, -0.2) is 9.78 Å². The maximum Gasteiger partial charge on any atom is 0.373 e. The largest absolute Gasteiger partial charge is 0.493 e. The van der Waals surface area contributed by atoms with E-state index < -0.39 is 5.97 Å². The Hall–Kier alpha value is -2.50. The van der Waals surface area contributed by atoms with E-state index in [1.807, 2.05) is 13.8 Å². The van der Waals surface area contributed by atoms with Gasteiger partial charge in [-0.3, -0.25) is 0 Å². The summed E-state index contributed by atoms with van der Waals surface area (Å²) in [4.78, 5) is 15.6. The maximum absolute atomic E-state index is 11.3. The van der Waals surface area contributed by atoms with E-state index >= 15 is 0 Å². The molecule has 0 aliphatic heterocycles. The predicted octanol–water partition coefficient (Wildman–Crippen LogP) is 3.18. The average molecular weight is 291 g/mol. The lowest BCUT2D eigenvalue weighted by molar-refractivity contribution is 0.0661. The van der Waals surface area contributed by atoms with Crippen molar-refractivity contribution in [1.29, 1.82) is 0 Å². The first-order chi connectivity index (χ1) is 9.99. The minimum absolute atomic E-state index is 0.0646. The Kier molecular flexibility index (Phi) is 4.16. The number of hydrogen-bond acceptors (Lipinski definition) is 5. The lowest BCUT2D eigenvalue weighted by Crippen LogP contribution is -2.01. The summed E-state index contributed by atoms with van der Waals surface area (Å²) in [5.41, 5.74) is 0.952. The van der Waals surface area contributed by atoms with E-state index in [0.29, 0.717) is 22.8 Å². The second-order valence-corrected chi connectivity index (χ2v) is 4.73. The molecule has 0 fully saturated rings. The van der Waals surface area contributed by atoms with Gasteiger partial charge in [0.2, 0.25) is 11.7 Å². The number of para-hydroxylation sites is 1. The number of carbonyl (C=O) groups is 1. The molecule has 0 aliphatic carbocycles. The van der Waals surface area contributed by atoms with Gasteiger partial charge in [-0.1, -0.05) is 19.9 Å². The quantitative estimate of drug-likeness (QED) is 0.911. The third kappa shape index (κ3) is 2.69. The molecule has 1 aromatic heterocycles. The Morgan fingerprint density at radius 2 is 2.00 bits per heavy atom. The smallest absolute Gasteiger partial charge is 0.373 e. The summed E-state index contributed by atoms with van der Waals surface area (Å²) in [7, 11) is 3.03. The molecule has 2 aromatic rings. The van der Waals surface area contributed by atoms with Crippen molar-refractivity contribution in [2.45, 2.75) is 19.8 Å². The van der Waals surface area contributed by atoms with Crippen LogP contribution in [0.3, 0.4) is 0 Å². The SMILES string of the molecule is COc1cccc(-c2nc(C(C)C)c(C(=O)O)o2)c1OC. The van der Waals surface area contributed by atoms with Gasteiger partial charge in [0.25, 0.3) is 0 Å². The van der Waals surface area contributed by atoms with Crippen molar-refractivity contribution in [2.75, 3.05) is 14.2 Å². The molecule has 6 heteroatoms. The zero-order chi connectivity index (χ0) is 15.6. The first-order valence-corrected chi connectivity index (χ1v) is 6.45. The molecule has 0 radical (unpaired) electrons. The number of carboxylic acids is 1. The fourth-order valence-electron chi connectivity index (χ4n) is 2.05. The van der Waals surface area contributed by atoms with Gasteiger partial charge in [0.05, 0.1) is 25.5 Å². The second kappa shape index (κ2) is 5.87. The summed E-state index contributed by atoms with van der Waals surface area (Å²) in [5.74, 6) is -0.175. The van der Waals surface area contributed by atoms with Crippen LogP contribution in [0.1, 0.15) is 36.0 Å². The molecule has 0 saturated carbocycles. The molecular weight excluding hydrogens is 274 g/mol. The molecular formula is C15H17NO5. The second-order valence-electron chi connectivity index (χ2n) is 4.73. The lowest BCUT2D eigenvalue weighted by Gasteiger charge is -2.09. The summed E-state index contributed by atoms with van der Waals surface area (Å²) >= 11 is 0. The molecule has 1 aromatic carbocycles. The molecule has 0 bridgehead atoms. The Morgan fingerprint density at radius 3 is 2.48 bits per heavy atom. The van der Waals surface area contributed by atoms with Gasteiger partial charge in [0.15, 0.2) is 11.5 Å². The van der Waals surface area contributed by atoms with Crippen LogP contribution in [0, 0.1) is 0 Å². The van der Waals surface area contributed by atoms with Gasteiger partial charge in [0, 0.05) is 0 Å². The highest BCUT2D eigenvalue weighted by atomic mass is 16.5. The van der Waals surface area contributed by atoms with Gasteiger partial charge in [-0.15, -0.1) is 0 Å². The number of methoxy groups -OCH3 is 2. The molecule has 0 spiro atoms. The van der Waals surface area contributed by atoms with Crippen LogP contribution in [0.25, 0.3) is 11.5 Å². The summed E-state index contributed by atoms with van der Waals surface area (Å²) in [6.45, 7) is 3.72. The van der Waals surface area contributed by atoms with Gasteiger partial charge in [-0.2, -0.15) is 0 Å². The van der Waals surface area contributed by atoms with Crippen LogP contribution in [0.4, 0.5) is 0 Å². The Balaban J connectivity index is 2.62. The van der Waals surface area contributed by atoms with Crippen LogP contribution in [0.5, 0.6) is 11.5 Å². The van der Waals surface area contributed by atoms with E-state index in [1.54, 1.807) is 18.2 Å². The third-order valence-electron chi connectivity index (χ3n) is 3.03. The first-order valence-electron chi connectivity index (χ1n) is 6.45. The minimum Gasteiger partial charge on any atom is -0.493 e. The minimum atomic E-state index is -1.14. The van der Waals surface area contributed by atoms with E-state index in [-0.39, 0.29) is 17.6 Å². The van der Waals surface area contributed by atoms with Crippen molar-refractivity contribution >= 4 is 5.97 Å². The van der Waals surface area contributed by atoms with Crippen molar-refractivity contribution in [2.24, 2.45) is 0 Å². The van der Waals surface area contributed by atoms with Crippen molar-refractivity contribution in [3.8, 4) is 23.0 Å². The fourth-order valence-corrected chi connectivity index (χ4v) is 2.05. The van der Waals surface area contributed by atoms with Gasteiger partial charge in [-0.05, 0) is 18.1 Å². The number of nitrogens with zero attached hydrogens (tertiary/aromatic N) is 1. The van der Waals surface area contributed by atoms with E-state index in [2.05, 4.69) is 4.98 Å². The number of hydrogen-bond donors (Lipinski definition) is 1. The first kappa shape index (κ1) is 14.9. The molecule has 0 amide bonds. The van der Waals surface area contributed by atoms with E-state index in [9.17, 15) is 9.90 Å². The van der Waals surface area contributed by atoms with Gasteiger partial charge < -0.3 is 19.0 Å². The van der Waals surface area contributed by atoms with Crippen LogP contribution < -0.4 is 9.47 Å². The zero-order valence-corrected chi connectivity index (χ0v) is 12.3. The number of ether oxygens (including phenoxy) is 2. The number of aromatic carboxylic acids is 1. The maximum atomic E-state index is 11.3. The number of carboxylic acid groups (broad SMARTS) is 1. The normalized spacial score (nSPS) is 10.7. The highest BCUT2D eigenvalue weighted by Gasteiger charge is 2.24. The van der Waals surface area contributed by atoms with Gasteiger partial charge >= 0.3 is 5.97 Å². The summed E-state index contributed by atoms with van der Waals surface area (Å²) in [6, 6.07) is 5.24. The highest BCUT2D eigenvalue weighted by molar-refractivity contribution is 5.86. The molecule has 1 heterocycles.